The Hall–Kier alpha value is -2.26. The largest absolute Gasteiger partial charge is 0.394 e. The third kappa shape index (κ3) is 6.44. The minimum atomic E-state index is -3.70. The van der Waals surface area contributed by atoms with E-state index in [2.05, 4.69) is 29.0 Å². The molecule has 34 heavy (non-hydrogen) atoms. The normalized spacial score (nSPS) is 24.1. The van der Waals surface area contributed by atoms with Gasteiger partial charge in [-0.15, -0.1) is 0 Å². The summed E-state index contributed by atoms with van der Waals surface area (Å²) in [5.74, 6) is 0.665. The van der Waals surface area contributed by atoms with Crippen molar-refractivity contribution in [1.82, 2.24) is 9.62 Å². The van der Waals surface area contributed by atoms with E-state index < -0.39 is 22.2 Å². The lowest BCUT2D eigenvalue weighted by Gasteiger charge is -2.37. The highest BCUT2D eigenvalue weighted by molar-refractivity contribution is 7.89. The topological polar surface area (TPSA) is 95.9 Å². The van der Waals surface area contributed by atoms with Crippen molar-refractivity contribution < 1.29 is 23.1 Å². The Labute approximate surface area is 202 Å². The summed E-state index contributed by atoms with van der Waals surface area (Å²) in [5.41, 5.74) is 1.34. The number of benzene rings is 2. The van der Waals surface area contributed by atoms with Crippen molar-refractivity contribution in [1.29, 1.82) is 0 Å². The first kappa shape index (κ1) is 24.9. The summed E-state index contributed by atoms with van der Waals surface area (Å²) in [4.78, 5) is 15.0. The van der Waals surface area contributed by atoms with Gasteiger partial charge in [-0.25, -0.2) is 13.1 Å². The molecule has 4 rings (SSSR count). The van der Waals surface area contributed by atoms with Crippen LogP contribution in [0.2, 0.25) is 0 Å². The number of aliphatic hydroxyl groups is 1. The number of ether oxygens (including phenoxy) is 1. The predicted molar refractivity (Wildman–Crippen MR) is 130 cm³/mol. The molecule has 2 aromatic rings. The van der Waals surface area contributed by atoms with Crippen LogP contribution in [0.1, 0.15) is 37.7 Å². The maximum atomic E-state index is 12.9. The smallest absolute Gasteiger partial charge is 0.240 e. The second-order valence-electron chi connectivity index (χ2n) is 9.32. The van der Waals surface area contributed by atoms with Crippen molar-refractivity contribution in [3.05, 3.63) is 66.2 Å². The van der Waals surface area contributed by atoms with Crippen molar-refractivity contribution in [2.45, 2.75) is 61.7 Å². The SMILES string of the molecule is O=C(C[C@H]1CC[C@H](NS(=O)(=O)c2ccccc2)[C@@H](CO)O1)N1CCC(Cc2ccccc2)CC1. The molecule has 2 saturated heterocycles. The molecule has 0 spiro atoms. The van der Waals surface area contributed by atoms with Gasteiger partial charge in [-0.05, 0) is 55.7 Å². The zero-order valence-electron chi connectivity index (χ0n) is 19.4. The van der Waals surface area contributed by atoms with Crippen LogP contribution < -0.4 is 4.72 Å². The van der Waals surface area contributed by atoms with Crippen LogP contribution in [0.4, 0.5) is 0 Å². The fourth-order valence-corrected chi connectivity index (χ4v) is 6.26. The minimum absolute atomic E-state index is 0.0724. The molecule has 0 aliphatic carbocycles. The summed E-state index contributed by atoms with van der Waals surface area (Å²) in [6.45, 7) is 1.20. The van der Waals surface area contributed by atoms with Gasteiger partial charge >= 0.3 is 0 Å². The number of rotatable bonds is 8. The van der Waals surface area contributed by atoms with E-state index in [0.717, 1.165) is 32.4 Å². The van der Waals surface area contributed by atoms with Crippen LogP contribution in [0.25, 0.3) is 0 Å². The van der Waals surface area contributed by atoms with Gasteiger partial charge in [0.15, 0.2) is 0 Å². The van der Waals surface area contributed by atoms with Crippen molar-refractivity contribution in [2.24, 2.45) is 5.92 Å². The summed E-state index contributed by atoms with van der Waals surface area (Å²) in [5, 5.41) is 9.82. The van der Waals surface area contributed by atoms with Crippen LogP contribution in [0.3, 0.4) is 0 Å². The number of hydrogen-bond donors (Lipinski definition) is 2. The maximum absolute atomic E-state index is 12.9. The number of nitrogens with zero attached hydrogens (tertiary/aromatic N) is 1. The van der Waals surface area contributed by atoms with Gasteiger partial charge in [0, 0.05) is 13.1 Å². The summed E-state index contributed by atoms with van der Waals surface area (Å²) >= 11 is 0. The van der Waals surface area contributed by atoms with E-state index in [4.69, 9.17) is 4.74 Å². The summed E-state index contributed by atoms with van der Waals surface area (Å²) in [6.07, 6.45) is 3.38. The van der Waals surface area contributed by atoms with E-state index in [0.29, 0.717) is 18.8 Å². The number of nitrogens with one attached hydrogen (secondary N) is 1. The number of likely N-dealkylation sites (tertiary alicyclic amines) is 1. The highest BCUT2D eigenvalue weighted by atomic mass is 32.2. The minimum Gasteiger partial charge on any atom is -0.394 e. The van der Waals surface area contributed by atoms with Crippen molar-refractivity contribution in [3.8, 4) is 0 Å². The first-order valence-corrected chi connectivity index (χ1v) is 13.6. The standard InChI is InChI=1S/C26H34N2O5S/c29-19-25-24(27-34(31,32)23-9-5-2-6-10-23)12-11-22(33-25)18-26(30)28-15-13-21(14-16-28)17-20-7-3-1-4-8-20/h1-10,21-22,24-25,27,29H,11-19H2/t22-,24+,25-/m1/s1. The molecule has 2 fully saturated rings. The summed E-state index contributed by atoms with van der Waals surface area (Å²) in [7, 11) is -3.70. The number of carbonyl (C=O) groups is 1. The first-order chi connectivity index (χ1) is 16.4. The van der Waals surface area contributed by atoms with E-state index >= 15 is 0 Å². The van der Waals surface area contributed by atoms with E-state index in [9.17, 15) is 18.3 Å². The Morgan fingerprint density at radius 1 is 0.971 bits per heavy atom. The highest BCUT2D eigenvalue weighted by Crippen LogP contribution is 2.26. The molecule has 184 valence electrons. The Morgan fingerprint density at radius 3 is 2.26 bits per heavy atom. The van der Waals surface area contributed by atoms with E-state index in [1.54, 1.807) is 18.2 Å². The lowest BCUT2D eigenvalue weighted by molar-refractivity contribution is -0.141. The van der Waals surface area contributed by atoms with E-state index in [-0.39, 0.29) is 29.9 Å². The molecular formula is C26H34N2O5S. The van der Waals surface area contributed by atoms with Crippen molar-refractivity contribution >= 4 is 15.9 Å². The maximum Gasteiger partial charge on any atom is 0.240 e. The molecule has 0 radical (unpaired) electrons. The molecule has 2 aliphatic heterocycles. The van der Waals surface area contributed by atoms with Crippen LogP contribution in [-0.2, 0) is 26.0 Å². The van der Waals surface area contributed by atoms with Crippen LogP contribution in [0.5, 0.6) is 0 Å². The Morgan fingerprint density at radius 2 is 1.62 bits per heavy atom. The Bertz CT molecular complexity index is 1020. The molecule has 1 amide bonds. The Balaban J connectivity index is 1.25. The van der Waals surface area contributed by atoms with E-state index in [1.807, 2.05) is 11.0 Å². The van der Waals surface area contributed by atoms with Gasteiger partial charge < -0.3 is 14.7 Å². The van der Waals surface area contributed by atoms with Gasteiger partial charge in [-0.1, -0.05) is 48.5 Å². The molecule has 2 N–H and O–H groups in total. The number of aliphatic hydroxyl groups excluding tert-OH is 1. The molecule has 7 nitrogen and oxygen atoms in total. The Kier molecular flexibility index (Phi) is 8.37. The van der Waals surface area contributed by atoms with Crippen LogP contribution in [0, 0.1) is 5.92 Å². The molecule has 3 atom stereocenters. The third-order valence-corrected chi connectivity index (χ3v) is 8.40. The average molecular weight is 487 g/mol. The van der Waals surface area contributed by atoms with E-state index in [1.165, 1.54) is 17.7 Å². The molecule has 0 saturated carbocycles. The molecule has 2 aromatic carbocycles. The lowest BCUT2D eigenvalue weighted by Crippen LogP contribution is -2.51. The second kappa shape index (κ2) is 11.4. The molecule has 2 aliphatic rings. The van der Waals surface area contributed by atoms with Gasteiger partial charge in [0.05, 0.1) is 36.2 Å². The molecule has 8 heteroatoms. The monoisotopic (exact) mass is 486 g/mol. The van der Waals surface area contributed by atoms with Crippen LogP contribution in [0.15, 0.2) is 65.6 Å². The number of piperidine rings is 1. The van der Waals surface area contributed by atoms with Crippen LogP contribution in [-0.4, -0.2) is 62.3 Å². The number of hydrogen-bond acceptors (Lipinski definition) is 5. The zero-order chi connectivity index (χ0) is 24.0. The number of amides is 1. The molecular weight excluding hydrogens is 452 g/mol. The highest BCUT2D eigenvalue weighted by Gasteiger charge is 2.35. The molecule has 0 unspecified atom stereocenters. The quantitative estimate of drug-likeness (QED) is 0.598. The zero-order valence-corrected chi connectivity index (χ0v) is 20.2. The molecule has 0 aromatic heterocycles. The molecule has 0 bridgehead atoms. The van der Waals surface area contributed by atoms with Gasteiger partial charge in [-0.2, -0.15) is 0 Å². The summed E-state index contributed by atoms with van der Waals surface area (Å²) < 4.78 is 34.0. The average Bonchev–Trinajstić information content (AvgIpc) is 2.86. The van der Waals surface area contributed by atoms with Crippen molar-refractivity contribution in [2.75, 3.05) is 19.7 Å². The van der Waals surface area contributed by atoms with Crippen LogP contribution >= 0.6 is 0 Å². The fourth-order valence-electron chi connectivity index (χ4n) is 4.94. The fraction of sp³-hybridized carbons (Fsp3) is 0.500. The molecule has 2 heterocycles. The van der Waals surface area contributed by atoms with Gasteiger partial charge in [0.25, 0.3) is 0 Å². The number of sulfonamides is 1. The lowest BCUT2D eigenvalue weighted by atomic mass is 9.90. The third-order valence-electron chi connectivity index (χ3n) is 6.89. The predicted octanol–water partition coefficient (Wildman–Crippen LogP) is 2.74. The van der Waals surface area contributed by atoms with Crippen molar-refractivity contribution in [3.63, 3.8) is 0 Å². The first-order valence-electron chi connectivity index (χ1n) is 12.1. The van der Waals surface area contributed by atoms with Gasteiger partial charge in [-0.3, -0.25) is 4.79 Å². The number of carbonyl (C=O) groups excluding carboxylic acids is 1. The summed E-state index contributed by atoms with van der Waals surface area (Å²) in [6, 6.07) is 18.1. The van der Waals surface area contributed by atoms with Gasteiger partial charge in [0.1, 0.15) is 0 Å². The van der Waals surface area contributed by atoms with Gasteiger partial charge in [0.2, 0.25) is 15.9 Å². The second-order valence-corrected chi connectivity index (χ2v) is 11.0.